The molecule has 1 aliphatic carbocycles. The van der Waals surface area contributed by atoms with Gasteiger partial charge in [0.2, 0.25) is 0 Å². The van der Waals surface area contributed by atoms with Crippen LogP contribution in [0, 0.1) is 0 Å². The molecular weight excluding hydrogens is 260 g/mol. The zero-order valence-corrected chi connectivity index (χ0v) is 13.1. The van der Waals surface area contributed by atoms with Crippen molar-refractivity contribution >= 4 is 0 Å². The second kappa shape index (κ2) is 7.39. The summed E-state index contributed by atoms with van der Waals surface area (Å²) < 4.78 is 5.66. The standard InChI is InChI=1S/C18H28N2O/c1-21-18-10-6-5-9-17(18)19-16-11-12-20(14-16)13-15-7-3-2-4-8-15/h2-4,7-8,16-19H,5-6,9-14H2,1H3. The topological polar surface area (TPSA) is 24.5 Å². The van der Waals surface area contributed by atoms with Crippen LogP contribution in [0.4, 0.5) is 0 Å². The van der Waals surface area contributed by atoms with Crippen molar-refractivity contribution in [1.29, 1.82) is 0 Å². The van der Waals surface area contributed by atoms with Gasteiger partial charge in [-0.05, 0) is 24.8 Å². The monoisotopic (exact) mass is 288 g/mol. The highest BCUT2D eigenvalue weighted by atomic mass is 16.5. The lowest BCUT2D eigenvalue weighted by molar-refractivity contribution is 0.0380. The molecule has 1 heterocycles. The van der Waals surface area contributed by atoms with Crippen molar-refractivity contribution in [3.8, 4) is 0 Å². The molecule has 1 saturated carbocycles. The number of hydrogen-bond acceptors (Lipinski definition) is 3. The first-order valence-electron chi connectivity index (χ1n) is 8.40. The summed E-state index contributed by atoms with van der Waals surface area (Å²) in [5, 5.41) is 3.87. The van der Waals surface area contributed by atoms with Gasteiger partial charge in [0.15, 0.2) is 0 Å². The van der Waals surface area contributed by atoms with E-state index in [-0.39, 0.29) is 0 Å². The molecule has 1 aliphatic heterocycles. The Balaban J connectivity index is 1.48. The van der Waals surface area contributed by atoms with Gasteiger partial charge in [-0.1, -0.05) is 43.2 Å². The zero-order valence-electron chi connectivity index (χ0n) is 13.1. The van der Waals surface area contributed by atoms with Gasteiger partial charge in [0.1, 0.15) is 0 Å². The van der Waals surface area contributed by atoms with Crippen LogP contribution in [0.2, 0.25) is 0 Å². The molecule has 1 saturated heterocycles. The van der Waals surface area contributed by atoms with E-state index in [2.05, 4.69) is 40.5 Å². The van der Waals surface area contributed by atoms with E-state index in [1.165, 1.54) is 50.8 Å². The third kappa shape index (κ3) is 4.06. The Morgan fingerprint density at radius 1 is 1.14 bits per heavy atom. The minimum Gasteiger partial charge on any atom is -0.380 e. The van der Waals surface area contributed by atoms with E-state index in [0.29, 0.717) is 18.2 Å². The molecule has 21 heavy (non-hydrogen) atoms. The molecule has 3 nitrogen and oxygen atoms in total. The van der Waals surface area contributed by atoms with Gasteiger partial charge in [-0.15, -0.1) is 0 Å². The molecule has 3 atom stereocenters. The average molecular weight is 288 g/mol. The summed E-state index contributed by atoms with van der Waals surface area (Å²) in [5.41, 5.74) is 1.42. The maximum absolute atomic E-state index is 5.66. The Bertz CT molecular complexity index is 422. The van der Waals surface area contributed by atoms with Crippen molar-refractivity contribution in [2.75, 3.05) is 20.2 Å². The van der Waals surface area contributed by atoms with Gasteiger partial charge in [0, 0.05) is 38.8 Å². The van der Waals surface area contributed by atoms with Crippen molar-refractivity contribution in [3.63, 3.8) is 0 Å². The smallest absolute Gasteiger partial charge is 0.0724 e. The molecule has 3 heteroatoms. The molecule has 0 aromatic heterocycles. The van der Waals surface area contributed by atoms with Gasteiger partial charge >= 0.3 is 0 Å². The fraction of sp³-hybridized carbons (Fsp3) is 0.667. The Labute approximate surface area is 128 Å². The summed E-state index contributed by atoms with van der Waals surface area (Å²) in [6, 6.07) is 12.0. The van der Waals surface area contributed by atoms with Crippen molar-refractivity contribution < 1.29 is 4.74 Å². The van der Waals surface area contributed by atoms with E-state index >= 15 is 0 Å². The first-order valence-corrected chi connectivity index (χ1v) is 8.40. The zero-order chi connectivity index (χ0) is 14.5. The Kier molecular flexibility index (Phi) is 5.28. The molecule has 0 radical (unpaired) electrons. The van der Waals surface area contributed by atoms with Crippen molar-refractivity contribution in [2.24, 2.45) is 0 Å². The number of benzene rings is 1. The first-order chi connectivity index (χ1) is 10.3. The lowest BCUT2D eigenvalue weighted by Crippen LogP contribution is -2.48. The van der Waals surface area contributed by atoms with Crippen molar-refractivity contribution in [2.45, 2.75) is 56.8 Å². The minimum atomic E-state index is 0.418. The van der Waals surface area contributed by atoms with E-state index < -0.39 is 0 Å². The summed E-state index contributed by atoms with van der Waals surface area (Å²) >= 11 is 0. The lowest BCUT2D eigenvalue weighted by Gasteiger charge is -2.33. The van der Waals surface area contributed by atoms with Crippen LogP contribution in [0.3, 0.4) is 0 Å². The molecule has 1 N–H and O–H groups in total. The second-order valence-electron chi connectivity index (χ2n) is 6.54. The predicted molar refractivity (Wildman–Crippen MR) is 86.3 cm³/mol. The molecule has 0 spiro atoms. The van der Waals surface area contributed by atoms with Gasteiger partial charge in [0.25, 0.3) is 0 Å². The van der Waals surface area contributed by atoms with E-state index in [9.17, 15) is 0 Å². The van der Waals surface area contributed by atoms with Gasteiger partial charge in [-0.3, -0.25) is 4.90 Å². The number of nitrogens with one attached hydrogen (secondary N) is 1. The summed E-state index contributed by atoms with van der Waals surface area (Å²) in [6.45, 7) is 3.45. The van der Waals surface area contributed by atoms with Crippen LogP contribution >= 0.6 is 0 Å². The minimum absolute atomic E-state index is 0.418. The number of hydrogen-bond donors (Lipinski definition) is 1. The average Bonchev–Trinajstić information content (AvgIpc) is 2.96. The Morgan fingerprint density at radius 2 is 1.95 bits per heavy atom. The van der Waals surface area contributed by atoms with Gasteiger partial charge < -0.3 is 10.1 Å². The van der Waals surface area contributed by atoms with Crippen LogP contribution in [0.25, 0.3) is 0 Å². The number of methoxy groups -OCH3 is 1. The largest absolute Gasteiger partial charge is 0.380 e. The fourth-order valence-electron chi connectivity index (χ4n) is 3.83. The molecule has 0 amide bonds. The molecule has 0 bridgehead atoms. The normalized spacial score (nSPS) is 30.6. The molecule has 2 fully saturated rings. The molecule has 3 unspecified atom stereocenters. The second-order valence-corrected chi connectivity index (χ2v) is 6.54. The fourth-order valence-corrected chi connectivity index (χ4v) is 3.83. The van der Waals surface area contributed by atoms with Crippen LogP contribution < -0.4 is 5.32 Å². The molecule has 116 valence electrons. The highest BCUT2D eigenvalue weighted by molar-refractivity contribution is 5.14. The summed E-state index contributed by atoms with van der Waals surface area (Å²) in [7, 11) is 1.86. The lowest BCUT2D eigenvalue weighted by atomic mass is 9.92. The SMILES string of the molecule is COC1CCCCC1NC1CCN(Cc2ccccc2)C1. The molecule has 1 aromatic carbocycles. The number of likely N-dealkylation sites (tertiary alicyclic amines) is 1. The van der Waals surface area contributed by atoms with Crippen LogP contribution in [0.1, 0.15) is 37.7 Å². The van der Waals surface area contributed by atoms with Gasteiger partial charge in [-0.25, -0.2) is 0 Å². The van der Waals surface area contributed by atoms with E-state index in [4.69, 9.17) is 4.74 Å². The maximum atomic E-state index is 5.66. The summed E-state index contributed by atoms with van der Waals surface area (Å²) in [4.78, 5) is 2.57. The quantitative estimate of drug-likeness (QED) is 0.901. The number of ether oxygens (including phenoxy) is 1. The predicted octanol–water partition coefficient (Wildman–Crippen LogP) is 2.81. The Hall–Kier alpha value is -0.900. The molecule has 1 aromatic rings. The van der Waals surface area contributed by atoms with E-state index in [1.54, 1.807) is 0 Å². The number of rotatable bonds is 5. The van der Waals surface area contributed by atoms with Gasteiger partial charge in [-0.2, -0.15) is 0 Å². The van der Waals surface area contributed by atoms with Crippen LogP contribution in [0.15, 0.2) is 30.3 Å². The number of nitrogens with zero attached hydrogens (tertiary/aromatic N) is 1. The van der Waals surface area contributed by atoms with Crippen molar-refractivity contribution in [3.05, 3.63) is 35.9 Å². The molecule has 3 rings (SSSR count). The van der Waals surface area contributed by atoms with Crippen LogP contribution in [-0.4, -0.2) is 43.3 Å². The molecular formula is C18H28N2O. The highest BCUT2D eigenvalue weighted by Crippen LogP contribution is 2.23. The van der Waals surface area contributed by atoms with Crippen LogP contribution in [0.5, 0.6) is 0 Å². The van der Waals surface area contributed by atoms with E-state index in [1.807, 2.05) is 7.11 Å². The summed E-state index contributed by atoms with van der Waals surface area (Å²) in [5.74, 6) is 0. The third-order valence-corrected chi connectivity index (χ3v) is 4.98. The first kappa shape index (κ1) is 15.0. The van der Waals surface area contributed by atoms with Gasteiger partial charge in [0.05, 0.1) is 6.10 Å². The Morgan fingerprint density at radius 3 is 2.76 bits per heavy atom. The highest BCUT2D eigenvalue weighted by Gasteiger charge is 2.30. The van der Waals surface area contributed by atoms with Crippen molar-refractivity contribution in [1.82, 2.24) is 10.2 Å². The molecule has 2 aliphatic rings. The van der Waals surface area contributed by atoms with E-state index in [0.717, 1.165) is 6.54 Å². The van der Waals surface area contributed by atoms with Crippen LogP contribution in [-0.2, 0) is 11.3 Å². The maximum Gasteiger partial charge on any atom is 0.0724 e. The summed E-state index contributed by atoms with van der Waals surface area (Å²) in [6.07, 6.45) is 6.84. The third-order valence-electron chi connectivity index (χ3n) is 4.98.